The van der Waals surface area contributed by atoms with Crippen molar-refractivity contribution < 1.29 is 28.6 Å². The van der Waals surface area contributed by atoms with E-state index in [1.54, 1.807) is 11.0 Å². The van der Waals surface area contributed by atoms with E-state index in [2.05, 4.69) is 4.90 Å². The second-order valence-electron chi connectivity index (χ2n) is 9.12. The summed E-state index contributed by atoms with van der Waals surface area (Å²) in [5.74, 6) is -0.824. The molecule has 2 aliphatic rings. The number of aliphatic hydroxyl groups is 1. The van der Waals surface area contributed by atoms with Crippen molar-refractivity contribution in [2.75, 3.05) is 39.4 Å². The minimum Gasteiger partial charge on any atom is -0.503 e. The third-order valence-corrected chi connectivity index (χ3v) is 6.71. The van der Waals surface area contributed by atoms with Crippen LogP contribution in [0.4, 0.5) is 0 Å². The maximum Gasteiger partial charge on any atom is 0.290 e. The van der Waals surface area contributed by atoms with Gasteiger partial charge in [0.1, 0.15) is 12.4 Å². The van der Waals surface area contributed by atoms with Crippen LogP contribution < -0.4 is 4.74 Å². The van der Waals surface area contributed by atoms with Crippen molar-refractivity contribution in [1.82, 2.24) is 9.80 Å². The molecule has 0 bridgehead atoms. The monoisotopic (exact) mass is 502 g/mol. The van der Waals surface area contributed by atoms with E-state index in [-0.39, 0.29) is 11.3 Å². The molecule has 3 aromatic rings. The molecule has 2 aliphatic heterocycles. The molecule has 2 aromatic carbocycles. The molecule has 192 valence electrons. The first-order chi connectivity index (χ1) is 18.1. The third-order valence-electron chi connectivity index (χ3n) is 6.71. The SMILES string of the molecule is O=C(C1=C(O)C(=O)N(CCCN2CCOCC2)C1c1ccc(OCc2ccccc2)cc1)c1ccco1. The van der Waals surface area contributed by atoms with Gasteiger partial charge >= 0.3 is 0 Å². The van der Waals surface area contributed by atoms with E-state index in [1.165, 1.54) is 12.3 Å². The smallest absolute Gasteiger partial charge is 0.290 e. The third kappa shape index (κ3) is 5.60. The summed E-state index contributed by atoms with van der Waals surface area (Å²) in [5.41, 5.74) is 1.80. The minimum atomic E-state index is -0.724. The van der Waals surface area contributed by atoms with Crippen LogP contribution in [0.5, 0.6) is 5.75 Å². The first-order valence-electron chi connectivity index (χ1n) is 12.5. The summed E-state index contributed by atoms with van der Waals surface area (Å²) in [7, 11) is 0. The predicted molar refractivity (Wildman–Crippen MR) is 136 cm³/mol. The minimum absolute atomic E-state index is 0.0317. The first-order valence-corrected chi connectivity index (χ1v) is 12.5. The lowest BCUT2D eigenvalue weighted by Gasteiger charge is -2.30. The number of benzene rings is 2. The maximum absolute atomic E-state index is 13.3. The van der Waals surface area contributed by atoms with Gasteiger partial charge in [-0.2, -0.15) is 0 Å². The van der Waals surface area contributed by atoms with Gasteiger partial charge in [0.2, 0.25) is 5.78 Å². The Balaban J connectivity index is 1.36. The highest BCUT2D eigenvalue weighted by atomic mass is 16.5. The van der Waals surface area contributed by atoms with Gasteiger partial charge in [0.15, 0.2) is 11.5 Å². The number of hydrogen-bond donors (Lipinski definition) is 1. The molecule has 8 heteroatoms. The zero-order valence-corrected chi connectivity index (χ0v) is 20.5. The Hall–Kier alpha value is -3.88. The highest BCUT2D eigenvalue weighted by molar-refractivity contribution is 6.15. The Labute approximate surface area is 215 Å². The van der Waals surface area contributed by atoms with Crippen LogP contribution in [0.25, 0.3) is 0 Å². The van der Waals surface area contributed by atoms with Crippen molar-refractivity contribution in [3.05, 3.63) is 101 Å². The average Bonchev–Trinajstić information content (AvgIpc) is 3.57. The number of Topliss-reactive ketones (excluding diaryl/α,β-unsaturated/α-hetero) is 1. The number of carbonyl (C=O) groups excluding carboxylic acids is 2. The molecule has 1 atom stereocenters. The van der Waals surface area contributed by atoms with Crippen LogP contribution in [0, 0.1) is 0 Å². The number of morpholine rings is 1. The van der Waals surface area contributed by atoms with Gasteiger partial charge in [0.05, 0.1) is 31.1 Å². The van der Waals surface area contributed by atoms with Gasteiger partial charge in [0, 0.05) is 26.2 Å². The molecular weight excluding hydrogens is 472 g/mol. The molecule has 0 radical (unpaired) electrons. The summed E-state index contributed by atoms with van der Waals surface area (Å²) in [6, 6.07) is 19.6. The van der Waals surface area contributed by atoms with Crippen LogP contribution in [-0.2, 0) is 16.1 Å². The van der Waals surface area contributed by atoms with Crippen LogP contribution in [-0.4, -0.2) is 66.0 Å². The zero-order chi connectivity index (χ0) is 25.6. The van der Waals surface area contributed by atoms with Gasteiger partial charge in [-0.05, 0) is 41.8 Å². The fourth-order valence-electron chi connectivity index (χ4n) is 4.78. The molecule has 37 heavy (non-hydrogen) atoms. The Morgan fingerprint density at radius 3 is 2.43 bits per heavy atom. The Morgan fingerprint density at radius 2 is 1.73 bits per heavy atom. The van der Waals surface area contributed by atoms with E-state index in [0.29, 0.717) is 44.1 Å². The van der Waals surface area contributed by atoms with E-state index >= 15 is 0 Å². The van der Waals surface area contributed by atoms with E-state index in [1.807, 2.05) is 54.6 Å². The highest BCUT2D eigenvalue weighted by Crippen LogP contribution is 2.39. The number of nitrogens with zero attached hydrogens (tertiary/aromatic N) is 2. The molecule has 3 heterocycles. The van der Waals surface area contributed by atoms with Crippen molar-refractivity contribution >= 4 is 11.7 Å². The number of ether oxygens (including phenoxy) is 2. The fourth-order valence-corrected chi connectivity index (χ4v) is 4.78. The summed E-state index contributed by atoms with van der Waals surface area (Å²) in [6.45, 7) is 4.74. The normalized spacial score (nSPS) is 18.4. The van der Waals surface area contributed by atoms with Gasteiger partial charge in [-0.1, -0.05) is 42.5 Å². The number of furan rings is 1. The molecule has 1 unspecified atom stereocenters. The Morgan fingerprint density at radius 1 is 0.973 bits per heavy atom. The molecule has 1 fully saturated rings. The first kappa shape index (κ1) is 24.8. The van der Waals surface area contributed by atoms with Gasteiger partial charge in [-0.3, -0.25) is 14.5 Å². The molecule has 0 saturated carbocycles. The fraction of sp³-hybridized carbons (Fsp3) is 0.310. The zero-order valence-electron chi connectivity index (χ0n) is 20.5. The molecule has 1 saturated heterocycles. The Kier molecular flexibility index (Phi) is 7.67. The van der Waals surface area contributed by atoms with E-state index in [0.717, 1.165) is 25.2 Å². The van der Waals surface area contributed by atoms with Gasteiger partial charge in [0.25, 0.3) is 5.91 Å². The molecule has 5 rings (SSSR count). The summed E-state index contributed by atoms with van der Waals surface area (Å²) < 4.78 is 16.6. The summed E-state index contributed by atoms with van der Waals surface area (Å²) in [5, 5.41) is 10.8. The largest absolute Gasteiger partial charge is 0.503 e. The molecule has 1 aromatic heterocycles. The second-order valence-corrected chi connectivity index (χ2v) is 9.12. The van der Waals surface area contributed by atoms with E-state index < -0.39 is 23.5 Å². The molecule has 1 N–H and O–H groups in total. The van der Waals surface area contributed by atoms with Gasteiger partial charge in [-0.15, -0.1) is 0 Å². The van der Waals surface area contributed by atoms with Gasteiger partial charge < -0.3 is 23.9 Å². The summed E-state index contributed by atoms with van der Waals surface area (Å²) >= 11 is 0. The molecular formula is C29H30N2O6. The summed E-state index contributed by atoms with van der Waals surface area (Å²) in [4.78, 5) is 30.3. The van der Waals surface area contributed by atoms with Crippen molar-refractivity contribution in [2.24, 2.45) is 0 Å². The number of carbonyl (C=O) groups is 2. The number of rotatable bonds is 10. The lowest BCUT2D eigenvalue weighted by atomic mass is 9.95. The molecule has 8 nitrogen and oxygen atoms in total. The summed E-state index contributed by atoms with van der Waals surface area (Å²) in [6.07, 6.45) is 2.10. The van der Waals surface area contributed by atoms with E-state index in [9.17, 15) is 14.7 Å². The number of aliphatic hydroxyl groups excluding tert-OH is 1. The van der Waals surface area contributed by atoms with Crippen molar-refractivity contribution in [2.45, 2.75) is 19.1 Å². The average molecular weight is 503 g/mol. The van der Waals surface area contributed by atoms with Crippen LogP contribution in [0.2, 0.25) is 0 Å². The van der Waals surface area contributed by atoms with Crippen LogP contribution >= 0.6 is 0 Å². The number of hydrogen-bond acceptors (Lipinski definition) is 7. The van der Waals surface area contributed by atoms with Crippen molar-refractivity contribution in [3.63, 3.8) is 0 Å². The quantitative estimate of drug-likeness (QED) is 0.416. The standard InChI is InChI=1S/C29H30N2O6/c32-27(24-8-4-17-36-24)25-26(22-9-11-23(12-10-22)37-20-21-6-2-1-3-7-21)31(29(34)28(25)33)14-5-13-30-15-18-35-19-16-30/h1-4,6-12,17,26,33H,5,13-16,18-20H2. The van der Waals surface area contributed by atoms with Crippen LogP contribution in [0.15, 0.2) is 88.7 Å². The lowest BCUT2D eigenvalue weighted by molar-refractivity contribution is -0.129. The number of amides is 1. The Bertz CT molecular complexity index is 1230. The lowest BCUT2D eigenvalue weighted by Crippen LogP contribution is -2.39. The predicted octanol–water partition coefficient (Wildman–Crippen LogP) is 4.16. The maximum atomic E-state index is 13.3. The molecule has 1 amide bonds. The highest BCUT2D eigenvalue weighted by Gasteiger charge is 2.44. The van der Waals surface area contributed by atoms with Gasteiger partial charge in [-0.25, -0.2) is 0 Å². The van der Waals surface area contributed by atoms with Crippen molar-refractivity contribution in [1.29, 1.82) is 0 Å². The molecule has 0 aliphatic carbocycles. The van der Waals surface area contributed by atoms with Crippen LogP contribution in [0.1, 0.15) is 34.1 Å². The topological polar surface area (TPSA) is 92.5 Å². The van der Waals surface area contributed by atoms with Crippen molar-refractivity contribution in [3.8, 4) is 5.75 Å². The van der Waals surface area contributed by atoms with E-state index in [4.69, 9.17) is 13.9 Å². The number of ketones is 1. The molecule has 0 spiro atoms. The van der Waals surface area contributed by atoms with Crippen LogP contribution in [0.3, 0.4) is 0 Å². The second kappa shape index (κ2) is 11.5.